The summed E-state index contributed by atoms with van der Waals surface area (Å²) in [5.74, 6) is -1.11. The van der Waals surface area contributed by atoms with Crippen LogP contribution < -0.4 is 5.32 Å². The molecular weight excluding hydrogens is 234 g/mol. The number of nitrogens with one attached hydrogen (secondary N) is 1. The second kappa shape index (κ2) is 6.83. The minimum Gasteiger partial charge on any atom is -0.480 e. The van der Waals surface area contributed by atoms with Crippen molar-refractivity contribution in [2.24, 2.45) is 0 Å². The van der Waals surface area contributed by atoms with Crippen LogP contribution in [-0.4, -0.2) is 28.8 Å². The molecule has 0 saturated heterocycles. The van der Waals surface area contributed by atoms with Crippen molar-refractivity contribution in [3.05, 3.63) is 24.3 Å². The van der Waals surface area contributed by atoms with Gasteiger partial charge < -0.3 is 15.2 Å². The molecule has 102 valence electrons. The van der Waals surface area contributed by atoms with E-state index in [1.54, 1.807) is 39.8 Å². The third kappa shape index (κ3) is 6.73. The van der Waals surface area contributed by atoms with Crippen molar-refractivity contribution in [3.8, 4) is 0 Å². The first kappa shape index (κ1) is 16.2. The molecule has 5 heteroatoms. The molecule has 0 aromatic heterocycles. The summed E-state index contributed by atoms with van der Waals surface area (Å²) in [7, 11) is 0. The van der Waals surface area contributed by atoms with Crippen LogP contribution in [0.15, 0.2) is 24.3 Å². The molecule has 18 heavy (non-hydrogen) atoms. The molecular formula is C13H21NO4. The number of aliphatic carboxylic acids is 1. The van der Waals surface area contributed by atoms with Gasteiger partial charge in [0.25, 0.3) is 0 Å². The lowest BCUT2D eigenvalue weighted by Crippen LogP contribution is -2.43. The first-order chi connectivity index (χ1) is 8.19. The molecule has 0 aliphatic carbocycles. The number of carbonyl (C=O) groups excluding carboxylic acids is 1. The highest BCUT2D eigenvalue weighted by molar-refractivity contribution is 5.80. The lowest BCUT2D eigenvalue weighted by molar-refractivity contribution is -0.139. The number of amides is 1. The third-order valence-electron chi connectivity index (χ3n) is 2.06. The Morgan fingerprint density at radius 1 is 1.44 bits per heavy atom. The van der Waals surface area contributed by atoms with Gasteiger partial charge in [0.15, 0.2) is 0 Å². The molecule has 1 unspecified atom stereocenters. The molecule has 0 saturated carbocycles. The largest absolute Gasteiger partial charge is 0.480 e. The van der Waals surface area contributed by atoms with Crippen LogP contribution in [0.2, 0.25) is 0 Å². The van der Waals surface area contributed by atoms with Crippen molar-refractivity contribution in [3.63, 3.8) is 0 Å². The van der Waals surface area contributed by atoms with Crippen molar-refractivity contribution in [2.45, 2.75) is 45.8 Å². The maximum absolute atomic E-state index is 11.5. The van der Waals surface area contributed by atoms with E-state index in [4.69, 9.17) is 9.84 Å². The van der Waals surface area contributed by atoms with Gasteiger partial charge in [0.1, 0.15) is 11.6 Å². The average Bonchev–Trinajstić information content (AvgIpc) is 2.21. The zero-order valence-electron chi connectivity index (χ0n) is 11.3. The summed E-state index contributed by atoms with van der Waals surface area (Å²) in [6, 6.07) is -1.02. The van der Waals surface area contributed by atoms with Gasteiger partial charge in [-0.3, -0.25) is 0 Å². The summed E-state index contributed by atoms with van der Waals surface area (Å²) in [6.07, 6.45) is 2.75. The zero-order valence-corrected chi connectivity index (χ0v) is 11.3. The van der Waals surface area contributed by atoms with Crippen LogP contribution in [0, 0.1) is 0 Å². The fourth-order valence-electron chi connectivity index (χ4n) is 1.20. The molecule has 1 atom stereocenters. The SMILES string of the molecule is C=CC(=CC)CC(NC(=O)OC(C)(C)C)C(=O)O. The van der Waals surface area contributed by atoms with Gasteiger partial charge in [-0.15, -0.1) is 0 Å². The van der Waals surface area contributed by atoms with Crippen molar-refractivity contribution >= 4 is 12.1 Å². The first-order valence-corrected chi connectivity index (χ1v) is 5.69. The monoisotopic (exact) mass is 255 g/mol. The Morgan fingerprint density at radius 3 is 2.33 bits per heavy atom. The van der Waals surface area contributed by atoms with E-state index >= 15 is 0 Å². The molecule has 0 radical (unpaired) electrons. The number of allylic oxidation sites excluding steroid dienone is 2. The van der Waals surface area contributed by atoms with Gasteiger partial charge in [-0.05, 0) is 27.7 Å². The summed E-state index contributed by atoms with van der Waals surface area (Å²) in [5.41, 5.74) is 0.0908. The van der Waals surface area contributed by atoms with Gasteiger partial charge in [0, 0.05) is 6.42 Å². The third-order valence-corrected chi connectivity index (χ3v) is 2.06. The van der Waals surface area contributed by atoms with Gasteiger partial charge in [0.2, 0.25) is 0 Å². The molecule has 1 amide bonds. The van der Waals surface area contributed by atoms with E-state index in [0.29, 0.717) is 0 Å². The fraction of sp³-hybridized carbons (Fsp3) is 0.538. The Bertz CT molecular complexity index is 352. The van der Waals surface area contributed by atoms with Gasteiger partial charge in [0.05, 0.1) is 0 Å². The summed E-state index contributed by atoms with van der Waals surface area (Å²) in [4.78, 5) is 22.5. The molecule has 0 spiro atoms. The minimum atomic E-state index is -1.11. The lowest BCUT2D eigenvalue weighted by atomic mass is 10.1. The number of carboxylic acids is 1. The number of ether oxygens (including phenoxy) is 1. The zero-order chi connectivity index (χ0) is 14.3. The number of carboxylic acid groups (broad SMARTS) is 1. The molecule has 0 aliphatic rings. The minimum absolute atomic E-state index is 0.175. The van der Waals surface area contributed by atoms with Crippen molar-refractivity contribution in [1.29, 1.82) is 0 Å². The second-order valence-electron chi connectivity index (χ2n) is 4.81. The predicted octanol–water partition coefficient (Wildman–Crippen LogP) is 2.49. The van der Waals surface area contributed by atoms with Crippen LogP contribution in [0.3, 0.4) is 0 Å². The highest BCUT2D eigenvalue weighted by Gasteiger charge is 2.24. The van der Waals surface area contributed by atoms with Crippen LogP contribution in [0.4, 0.5) is 4.79 Å². The first-order valence-electron chi connectivity index (χ1n) is 5.69. The Balaban J connectivity index is 4.60. The van der Waals surface area contributed by atoms with Crippen LogP contribution in [-0.2, 0) is 9.53 Å². The molecule has 0 bridgehead atoms. The number of rotatable bonds is 5. The standard InChI is InChI=1S/C13H21NO4/c1-6-9(7-2)8-10(11(15)16)14-12(17)18-13(3,4)5/h6-7,10H,1,8H2,2-5H3,(H,14,17)(H,15,16). The van der Waals surface area contributed by atoms with Crippen LogP contribution in [0.5, 0.6) is 0 Å². The number of carbonyl (C=O) groups is 2. The number of hydrogen-bond donors (Lipinski definition) is 2. The molecule has 0 heterocycles. The maximum Gasteiger partial charge on any atom is 0.408 e. The van der Waals surface area contributed by atoms with E-state index in [2.05, 4.69) is 11.9 Å². The summed E-state index contributed by atoms with van der Waals surface area (Å²) < 4.78 is 5.01. The quantitative estimate of drug-likeness (QED) is 0.740. The molecule has 0 rings (SSSR count). The molecule has 0 aromatic carbocycles. The van der Waals surface area contributed by atoms with E-state index < -0.39 is 23.7 Å². The Morgan fingerprint density at radius 2 is 2.00 bits per heavy atom. The van der Waals surface area contributed by atoms with E-state index in [-0.39, 0.29) is 6.42 Å². The smallest absolute Gasteiger partial charge is 0.408 e. The van der Waals surface area contributed by atoms with E-state index in [0.717, 1.165) is 5.57 Å². The highest BCUT2D eigenvalue weighted by Crippen LogP contribution is 2.10. The topological polar surface area (TPSA) is 75.6 Å². The van der Waals surface area contributed by atoms with E-state index in [1.165, 1.54) is 0 Å². The highest BCUT2D eigenvalue weighted by atomic mass is 16.6. The molecule has 0 aromatic rings. The van der Waals surface area contributed by atoms with Crippen LogP contribution in [0.25, 0.3) is 0 Å². The van der Waals surface area contributed by atoms with E-state index in [9.17, 15) is 9.59 Å². The predicted molar refractivity (Wildman–Crippen MR) is 69.4 cm³/mol. The molecule has 0 aliphatic heterocycles. The molecule has 2 N–H and O–H groups in total. The molecule has 5 nitrogen and oxygen atoms in total. The van der Waals surface area contributed by atoms with Crippen molar-refractivity contribution < 1.29 is 19.4 Å². The lowest BCUT2D eigenvalue weighted by Gasteiger charge is -2.22. The Labute approximate surface area is 108 Å². The van der Waals surface area contributed by atoms with Gasteiger partial charge in [-0.1, -0.05) is 24.3 Å². The summed E-state index contributed by atoms with van der Waals surface area (Å²) >= 11 is 0. The fourth-order valence-corrected chi connectivity index (χ4v) is 1.20. The van der Waals surface area contributed by atoms with Crippen LogP contribution in [0.1, 0.15) is 34.1 Å². The normalized spacial score (nSPS) is 13.7. The Hall–Kier alpha value is -1.78. The Kier molecular flexibility index (Phi) is 6.16. The number of alkyl carbamates (subject to hydrolysis) is 1. The van der Waals surface area contributed by atoms with Gasteiger partial charge >= 0.3 is 12.1 Å². The van der Waals surface area contributed by atoms with Crippen molar-refractivity contribution in [1.82, 2.24) is 5.32 Å². The average molecular weight is 255 g/mol. The van der Waals surface area contributed by atoms with Gasteiger partial charge in [-0.2, -0.15) is 0 Å². The number of hydrogen-bond acceptors (Lipinski definition) is 3. The summed E-state index contributed by atoms with van der Waals surface area (Å²) in [6.45, 7) is 10.5. The maximum atomic E-state index is 11.5. The second-order valence-corrected chi connectivity index (χ2v) is 4.81. The van der Waals surface area contributed by atoms with E-state index in [1.807, 2.05) is 0 Å². The van der Waals surface area contributed by atoms with Crippen molar-refractivity contribution in [2.75, 3.05) is 0 Å². The van der Waals surface area contributed by atoms with Crippen LogP contribution >= 0.6 is 0 Å². The molecule has 0 fully saturated rings. The summed E-state index contributed by atoms with van der Waals surface area (Å²) in [5, 5.41) is 11.4. The van der Waals surface area contributed by atoms with Gasteiger partial charge in [-0.25, -0.2) is 9.59 Å².